The molecule has 5 nitrogen and oxygen atoms in total. The summed E-state index contributed by atoms with van der Waals surface area (Å²) in [6, 6.07) is 1.47. The smallest absolute Gasteiger partial charge is 0.170 e. The molecule has 1 aliphatic carbocycles. The highest BCUT2D eigenvalue weighted by Gasteiger charge is 2.47. The Labute approximate surface area is 127 Å². The van der Waals surface area contributed by atoms with Crippen LogP contribution in [0.25, 0.3) is 0 Å². The number of hydrogen-bond acceptors (Lipinski definition) is 5. The average Bonchev–Trinajstić information content (AvgIpc) is 3.21. The van der Waals surface area contributed by atoms with Crippen molar-refractivity contribution in [2.75, 3.05) is 39.4 Å². The molecular formula is C16H29N3O2. The number of hydrogen-bond donors (Lipinski definition) is 1. The lowest BCUT2D eigenvalue weighted by Gasteiger charge is -2.43. The summed E-state index contributed by atoms with van der Waals surface area (Å²) in [5.74, 6) is -0.313. The van der Waals surface area contributed by atoms with Crippen molar-refractivity contribution in [2.24, 2.45) is 5.73 Å². The summed E-state index contributed by atoms with van der Waals surface area (Å²) in [6.07, 6.45) is 7.01. The van der Waals surface area contributed by atoms with Crippen LogP contribution in [-0.4, -0.2) is 73.1 Å². The third-order valence-corrected chi connectivity index (χ3v) is 6.01. The number of likely N-dealkylation sites (tertiary alicyclic amines) is 2. The molecule has 3 heterocycles. The maximum absolute atomic E-state index is 6.44. The minimum absolute atomic E-state index is 0.278. The van der Waals surface area contributed by atoms with Crippen molar-refractivity contribution in [3.63, 3.8) is 0 Å². The van der Waals surface area contributed by atoms with Crippen LogP contribution in [0.4, 0.5) is 0 Å². The van der Waals surface area contributed by atoms with E-state index >= 15 is 0 Å². The summed E-state index contributed by atoms with van der Waals surface area (Å²) in [6.45, 7) is 6.47. The van der Waals surface area contributed by atoms with Gasteiger partial charge in [-0.05, 0) is 38.8 Å². The minimum atomic E-state index is -0.313. The summed E-state index contributed by atoms with van der Waals surface area (Å²) < 4.78 is 11.9. The van der Waals surface area contributed by atoms with Gasteiger partial charge < -0.3 is 15.2 Å². The number of nitrogens with two attached hydrogens (primary N) is 1. The van der Waals surface area contributed by atoms with Gasteiger partial charge in [0.2, 0.25) is 0 Å². The van der Waals surface area contributed by atoms with Crippen molar-refractivity contribution < 1.29 is 9.47 Å². The van der Waals surface area contributed by atoms with Crippen molar-refractivity contribution in [1.82, 2.24) is 9.80 Å². The Hall–Kier alpha value is -0.200. The molecule has 4 aliphatic rings. The van der Waals surface area contributed by atoms with E-state index in [9.17, 15) is 0 Å². The van der Waals surface area contributed by atoms with E-state index in [1.807, 2.05) is 0 Å². The third-order valence-electron chi connectivity index (χ3n) is 6.01. The van der Waals surface area contributed by atoms with E-state index in [1.165, 1.54) is 45.4 Å². The molecule has 5 heteroatoms. The van der Waals surface area contributed by atoms with Gasteiger partial charge in [0, 0.05) is 44.1 Å². The Kier molecular flexibility index (Phi) is 3.96. The first kappa shape index (κ1) is 14.4. The van der Waals surface area contributed by atoms with E-state index in [1.54, 1.807) is 0 Å². The van der Waals surface area contributed by atoms with Gasteiger partial charge in [-0.15, -0.1) is 0 Å². The lowest BCUT2D eigenvalue weighted by Crippen LogP contribution is -2.56. The van der Waals surface area contributed by atoms with Gasteiger partial charge in [0.25, 0.3) is 0 Å². The molecule has 3 atom stereocenters. The van der Waals surface area contributed by atoms with Crippen LogP contribution in [0.3, 0.4) is 0 Å². The highest BCUT2D eigenvalue weighted by molar-refractivity contribution is 4.98. The maximum atomic E-state index is 6.44. The standard InChI is InChI=1S/C16H29N3O2/c17-14-3-5-16(20-9-10-21-16)11-15(14)19-8-4-13(12-19)18-6-1-2-7-18/h13-15H,1-12,17H2. The van der Waals surface area contributed by atoms with Gasteiger partial charge in [-0.3, -0.25) is 9.80 Å². The van der Waals surface area contributed by atoms with Gasteiger partial charge >= 0.3 is 0 Å². The van der Waals surface area contributed by atoms with Crippen molar-refractivity contribution in [3.8, 4) is 0 Å². The molecule has 1 saturated carbocycles. The summed E-state index contributed by atoms with van der Waals surface area (Å²) in [5, 5.41) is 0. The highest BCUT2D eigenvalue weighted by Crippen LogP contribution is 2.38. The van der Waals surface area contributed by atoms with Crippen molar-refractivity contribution >= 4 is 0 Å². The number of nitrogens with zero attached hydrogens (tertiary/aromatic N) is 2. The second-order valence-electron chi connectivity index (χ2n) is 7.26. The maximum Gasteiger partial charge on any atom is 0.170 e. The average molecular weight is 295 g/mol. The second-order valence-corrected chi connectivity index (χ2v) is 7.26. The number of rotatable bonds is 2. The van der Waals surface area contributed by atoms with Crippen LogP contribution in [-0.2, 0) is 9.47 Å². The van der Waals surface area contributed by atoms with Crippen molar-refractivity contribution in [2.45, 2.75) is 62.4 Å². The van der Waals surface area contributed by atoms with Crippen LogP contribution >= 0.6 is 0 Å². The highest BCUT2D eigenvalue weighted by atomic mass is 16.7. The van der Waals surface area contributed by atoms with Crippen molar-refractivity contribution in [1.29, 1.82) is 0 Å². The molecule has 120 valence electrons. The molecule has 0 aromatic rings. The normalized spacial score (nSPS) is 41.3. The number of ether oxygens (including phenoxy) is 2. The SMILES string of the molecule is NC1CCC2(CC1N1CCC(N3CCCC3)C1)OCCO2. The van der Waals surface area contributed by atoms with E-state index in [-0.39, 0.29) is 11.8 Å². The monoisotopic (exact) mass is 295 g/mol. The fraction of sp³-hybridized carbons (Fsp3) is 1.00. The van der Waals surface area contributed by atoms with Gasteiger partial charge in [-0.25, -0.2) is 0 Å². The zero-order valence-electron chi connectivity index (χ0n) is 13.0. The molecule has 4 fully saturated rings. The van der Waals surface area contributed by atoms with Crippen LogP contribution in [0.5, 0.6) is 0 Å². The van der Waals surface area contributed by atoms with Crippen LogP contribution < -0.4 is 5.73 Å². The fourth-order valence-electron chi connectivity index (χ4n) is 4.78. The Balaban J connectivity index is 1.40. The summed E-state index contributed by atoms with van der Waals surface area (Å²) in [5.41, 5.74) is 6.44. The van der Waals surface area contributed by atoms with Gasteiger partial charge in [-0.1, -0.05) is 0 Å². The zero-order valence-corrected chi connectivity index (χ0v) is 13.0. The fourth-order valence-corrected chi connectivity index (χ4v) is 4.78. The predicted octanol–water partition coefficient (Wildman–Crippen LogP) is 0.779. The van der Waals surface area contributed by atoms with E-state index in [4.69, 9.17) is 15.2 Å². The molecule has 0 radical (unpaired) electrons. The topological polar surface area (TPSA) is 51.0 Å². The first-order chi connectivity index (χ1) is 10.3. The molecule has 2 N–H and O–H groups in total. The zero-order chi connectivity index (χ0) is 14.3. The summed E-state index contributed by atoms with van der Waals surface area (Å²) in [4.78, 5) is 5.31. The molecule has 0 amide bonds. The van der Waals surface area contributed by atoms with Crippen LogP contribution in [0.1, 0.15) is 38.5 Å². The largest absolute Gasteiger partial charge is 0.347 e. The second kappa shape index (κ2) is 5.78. The lowest BCUT2D eigenvalue weighted by molar-refractivity contribution is -0.191. The molecule has 0 bridgehead atoms. The van der Waals surface area contributed by atoms with Crippen LogP contribution in [0, 0.1) is 0 Å². The molecule has 3 unspecified atom stereocenters. The summed E-state index contributed by atoms with van der Waals surface area (Å²) >= 11 is 0. The molecule has 0 aromatic heterocycles. The first-order valence-electron chi connectivity index (χ1n) is 8.77. The minimum Gasteiger partial charge on any atom is -0.347 e. The van der Waals surface area contributed by atoms with Gasteiger partial charge in [0.1, 0.15) is 0 Å². The molecular weight excluding hydrogens is 266 g/mol. The van der Waals surface area contributed by atoms with Crippen LogP contribution in [0.15, 0.2) is 0 Å². The molecule has 4 rings (SSSR count). The van der Waals surface area contributed by atoms with Gasteiger partial charge in [-0.2, -0.15) is 0 Å². The molecule has 1 spiro atoms. The molecule has 21 heavy (non-hydrogen) atoms. The predicted molar refractivity (Wildman–Crippen MR) is 81.0 cm³/mol. The first-order valence-corrected chi connectivity index (χ1v) is 8.77. The van der Waals surface area contributed by atoms with Crippen molar-refractivity contribution in [3.05, 3.63) is 0 Å². The Morgan fingerprint density at radius 2 is 1.71 bits per heavy atom. The van der Waals surface area contributed by atoms with E-state index in [2.05, 4.69) is 9.80 Å². The van der Waals surface area contributed by atoms with Gasteiger partial charge in [0.05, 0.1) is 13.2 Å². The van der Waals surface area contributed by atoms with E-state index < -0.39 is 0 Å². The Morgan fingerprint density at radius 1 is 0.952 bits per heavy atom. The molecule has 3 saturated heterocycles. The van der Waals surface area contributed by atoms with E-state index in [0.29, 0.717) is 6.04 Å². The lowest BCUT2D eigenvalue weighted by atomic mass is 9.85. The Morgan fingerprint density at radius 3 is 2.48 bits per heavy atom. The third kappa shape index (κ3) is 2.75. The van der Waals surface area contributed by atoms with E-state index in [0.717, 1.165) is 38.5 Å². The quantitative estimate of drug-likeness (QED) is 0.816. The molecule has 0 aromatic carbocycles. The van der Waals surface area contributed by atoms with Crippen LogP contribution in [0.2, 0.25) is 0 Å². The van der Waals surface area contributed by atoms with Gasteiger partial charge in [0.15, 0.2) is 5.79 Å². The summed E-state index contributed by atoms with van der Waals surface area (Å²) in [7, 11) is 0. The Bertz CT molecular complexity index is 367. The molecule has 3 aliphatic heterocycles.